The highest BCUT2D eigenvalue weighted by molar-refractivity contribution is 7.89. The maximum atomic E-state index is 13.0. The Labute approximate surface area is 146 Å². The zero-order valence-corrected chi connectivity index (χ0v) is 15.5. The average Bonchev–Trinajstić information content (AvgIpc) is 3.11. The van der Waals surface area contributed by atoms with Gasteiger partial charge in [-0.15, -0.1) is 11.3 Å². The van der Waals surface area contributed by atoms with E-state index in [4.69, 9.17) is 11.6 Å². The molecule has 1 aliphatic rings. The molecule has 0 radical (unpaired) electrons. The summed E-state index contributed by atoms with van der Waals surface area (Å²) in [7, 11) is -3.66. The van der Waals surface area contributed by atoms with Gasteiger partial charge < -0.3 is 0 Å². The van der Waals surface area contributed by atoms with Crippen molar-refractivity contribution >= 4 is 33.0 Å². The molecule has 1 aromatic carbocycles. The SMILES string of the molecule is Cc1csc(C2(NS(=O)(=O)c3cc(Cl)ccc3C)CCCC2)n1. The van der Waals surface area contributed by atoms with Gasteiger partial charge in [0.1, 0.15) is 5.01 Å². The average molecular weight is 371 g/mol. The van der Waals surface area contributed by atoms with Crippen molar-refractivity contribution in [2.75, 3.05) is 0 Å². The number of aromatic nitrogens is 1. The molecular formula is C16H19ClN2O2S2. The Balaban J connectivity index is 2.01. The van der Waals surface area contributed by atoms with Gasteiger partial charge in [-0.05, 0) is 44.4 Å². The van der Waals surface area contributed by atoms with Crippen LogP contribution in [0, 0.1) is 13.8 Å². The van der Waals surface area contributed by atoms with Crippen molar-refractivity contribution in [1.82, 2.24) is 9.71 Å². The molecule has 1 saturated carbocycles. The normalized spacial score (nSPS) is 17.5. The number of hydrogen-bond donors (Lipinski definition) is 1. The number of hydrogen-bond acceptors (Lipinski definition) is 4. The molecule has 3 rings (SSSR count). The lowest BCUT2D eigenvalue weighted by molar-refractivity contribution is 0.402. The Bertz CT molecular complexity index is 824. The quantitative estimate of drug-likeness (QED) is 0.878. The summed E-state index contributed by atoms with van der Waals surface area (Å²) in [5.41, 5.74) is 1.02. The fraction of sp³-hybridized carbons (Fsp3) is 0.438. The van der Waals surface area contributed by atoms with Gasteiger partial charge in [-0.25, -0.2) is 13.4 Å². The van der Waals surface area contributed by atoms with Gasteiger partial charge in [0, 0.05) is 16.1 Å². The third-order valence-corrected chi connectivity index (χ3v) is 7.33. The number of nitrogens with zero attached hydrogens (tertiary/aromatic N) is 1. The minimum Gasteiger partial charge on any atom is -0.245 e. The standard InChI is InChI=1S/C16H19ClN2O2S2/c1-11-5-6-13(17)9-14(11)23(20,21)19-16(7-3-4-8-16)15-18-12(2)10-22-15/h5-6,9-10,19H,3-4,7-8H2,1-2H3. The maximum absolute atomic E-state index is 13.0. The Morgan fingerprint density at radius 1 is 1.26 bits per heavy atom. The summed E-state index contributed by atoms with van der Waals surface area (Å²) in [4.78, 5) is 4.79. The van der Waals surface area contributed by atoms with Crippen molar-refractivity contribution < 1.29 is 8.42 Å². The minimum absolute atomic E-state index is 0.240. The fourth-order valence-corrected chi connectivity index (χ4v) is 6.10. The number of rotatable bonds is 4. The molecule has 4 nitrogen and oxygen atoms in total. The van der Waals surface area contributed by atoms with Crippen LogP contribution in [0.2, 0.25) is 5.02 Å². The zero-order valence-electron chi connectivity index (χ0n) is 13.1. The van der Waals surface area contributed by atoms with Crippen LogP contribution in [-0.4, -0.2) is 13.4 Å². The molecule has 1 aromatic heterocycles. The predicted octanol–water partition coefficient (Wildman–Crippen LogP) is 4.16. The summed E-state index contributed by atoms with van der Waals surface area (Å²) in [6, 6.07) is 4.94. The van der Waals surface area contributed by atoms with Crippen LogP contribution in [0.3, 0.4) is 0 Å². The molecule has 1 N–H and O–H groups in total. The monoisotopic (exact) mass is 370 g/mol. The van der Waals surface area contributed by atoms with Crippen molar-refractivity contribution in [1.29, 1.82) is 0 Å². The van der Waals surface area contributed by atoms with E-state index in [-0.39, 0.29) is 4.90 Å². The second-order valence-corrected chi connectivity index (χ2v) is 9.04. The number of halogens is 1. The predicted molar refractivity (Wildman–Crippen MR) is 93.5 cm³/mol. The summed E-state index contributed by atoms with van der Waals surface area (Å²) < 4.78 is 28.9. The highest BCUT2D eigenvalue weighted by Gasteiger charge is 2.42. The molecule has 0 amide bonds. The van der Waals surface area contributed by atoms with E-state index in [1.165, 1.54) is 17.4 Å². The lowest BCUT2D eigenvalue weighted by Crippen LogP contribution is -2.43. The molecule has 0 aliphatic heterocycles. The van der Waals surface area contributed by atoms with Crippen molar-refractivity contribution in [3.8, 4) is 0 Å². The number of aryl methyl sites for hydroxylation is 2. The second-order valence-electron chi connectivity index (χ2n) is 6.10. The van der Waals surface area contributed by atoms with Gasteiger partial charge in [0.15, 0.2) is 0 Å². The van der Waals surface area contributed by atoms with Crippen LogP contribution < -0.4 is 4.72 Å². The molecule has 0 spiro atoms. The first-order chi connectivity index (χ1) is 10.8. The Morgan fingerprint density at radius 3 is 2.57 bits per heavy atom. The van der Waals surface area contributed by atoms with Gasteiger partial charge in [-0.2, -0.15) is 4.72 Å². The molecule has 0 saturated heterocycles. The highest BCUT2D eigenvalue weighted by atomic mass is 35.5. The molecule has 0 unspecified atom stereocenters. The van der Waals surface area contributed by atoms with Gasteiger partial charge in [0.25, 0.3) is 0 Å². The zero-order chi connectivity index (χ0) is 16.7. The minimum atomic E-state index is -3.66. The molecule has 2 aromatic rings. The molecule has 124 valence electrons. The van der Waals surface area contributed by atoms with Gasteiger partial charge in [-0.3, -0.25) is 0 Å². The van der Waals surface area contributed by atoms with E-state index in [9.17, 15) is 8.42 Å². The molecule has 0 bridgehead atoms. The first kappa shape index (κ1) is 16.9. The summed E-state index contributed by atoms with van der Waals surface area (Å²) in [5, 5.41) is 3.24. The molecule has 23 heavy (non-hydrogen) atoms. The summed E-state index contributed by atoms with van der Waals surface area (Å²) in [6.07, 6.45) is 3.54. The van der Waals surface area contributed by atoms with Crippen LogP contribution in [0.5, 0.6) is 0 Å². The van der Waals surface area contributed by atoms with E-state index >= 15 is 0 Å². The maximum Gasteiger partial charge on any atom is 0.241 e. The molecule has 1 aliphatic carbocycles. The number of sulfonamides is 1. The molecule has 0 atom stereocenters. The number of thiazole rings is 1. The van der Waals surface area contributed by atoms with E-state index < -0.39 is 15.6 Å². The van der Waals surface area contributed by atoms with Crippen LogP contribution in [0.15, 0.2) is 28.5 Å². The summed E-state index contributed by atoms with van der Waals surface area (Å²) in [5.74, 6) is 0. The smallest absolute Gasteiger partial charge is 0.241 e. The largest absolute Gasteiger partial charge is 0.245 e. The van der Waals surface area contributed by atoms with Crippen LogP contribution in [-0.2, 0) is 15.6 Å². The van der Waals surface area contributed by atoms with Crippen molar-refractivity contribution in [3.05, 3.63) is 44.9 Å². The van der Waals surface area contributed by atoms with Crippen LogP contribution >= 0.6 is 22.9 Å². The van der Waals surface area contributed by atoms with Crippen LogP contribution in [0.25, 0.3) is 0 Å². The summed E-state index contributed by atoms with van der Waals surface area (Å²) >= 11 is 7.52. The van der Waals surface area contributed by atoms with Crippen LogP contribution in [0.4, 0.5) is 0 Å². The lowest BCUT2D eigenvalue weighted by Gasteiger charge is -2.28. The molecule has 1 heterocycles. The van der Waals surface area contributed by atoms with E-state index in [0.717, 1.165) is 36.4 Å². The topological polar surface area (TPSA) is 59.1 Å². The van der Waals surface area contributed by atoms with Crippen LogP contribution in [0.1, 0.15) is 41.9 Å². The Morgan fingerprint density at radius 2 is 1.96 bits per heavy atom. The fourth-order valence-electron chi connectivity index (χ4n) is 3.09. The Kier molecular flexibility index (Phi) is 4.53. The van der Waals surface area contributed by atoms with Gasteiger partial charge in [-0.1, -0.05) is 30.5 Å². The van der Waals surface area contributed by atoms with Crippen molar-refractivity contribution in [3.63, 3.8) is 0 Å². The lowest BCUT2D eigenvalue weighted by atomic mass is 10.0. The van der Waals surface area contributed by atoms with E-state index in [0.29, 0.717) is 10.6 Å². The third kappa shape index (κ3) is 3.31. The molecular weight excluding hydrogens is 352 g/mol. The van der Waals surface area contributed by atoms with E-state index in [1.54, 1.807) is 19.1 Å². The van der Waals surface area contributed by atoms with Gasteiger partial charge >= 0.3 is 0 Å². The van der Waals surface area contributed by atoms with E-state index in [2.05, 4.69) is 9.71 Å². The van der Waals surface area contributed by atoms with Gasteiger partial charge in [0.2, 0.25) is 10.0 Å². The first-order valence-electron chi connectivity index (χ1n) is 7.55. The summed E-state index contributed by atoms with van der Waals surface area (Å²) in [6.45, 7) is 3.71. The first-order valence-corrected chi connectivity index (χ1v) is 10.3. The van der Waals surface area contributed by atoms with Gasteiger partial charge in [0.05, 0.1) is 10.4 Å². The molecule has 7 heteroatoms. The van der Waals surface area contributed by atoms with E-state index in [1.807, 2.05) is 12.3 Å². The Hall–Kier alpha value is -0.950. The van der Waals surface area contributed by atoms with Crippen molar-refractivity contribution in [2.24, 2.45) is 0 Å². The highest BCUT2D eigenvalue weighted by Crippen LogP contribution is 2.41. The number of benzene rings is 1. The molecule has 1 fully saturated rings. The van der Waals surface area contributed by atoms with Crippen molar-refractivity contribution in [2.45, 2.75) is 50.0 Å². The second kappa shape index (κ2) is 6.16. The third-order valence-electron chi connectivity index (χ3n) is 4.25. The number of nitrogens with one attached hydrogen (secondary N) is 1.